The van der Waals surface area contributed by atoms with Gasteiger partial charge in [0.25, 0.3) is 0 Å². The SMILES string of the molecule is CCN(C(C)C)C(C)C.[La]. The molecular weight excluding hydrogens is 249 g/mol. The summed E-state index contributed by atoms with van der Waals surface area (Å²) in [6, 6.07) is 1.38. The van der Waals surface area contributed by atoms with Crippen LogP contribution in [0.5, 0.6) is 0 Å². The van der Waals surface area contributed by atoms with Crippen molar-refractivity contribution in [3.8, 4) is 0 Å². The van der Waals surface area contributed by atoms with Crippen LogP contribution in [0.4, 0.5) is 0 Å². The van der Waals surface area contributed by atoms with Gasteiger partial charge < -0.3 is 0 Å². The maximum Gasteiger partial charge on any atom is 0.00411 e. The molecule has 0 atom stereocenters. The molecule has 0 rings (SSSR count). The summed E-state index contributed by atoms with van der Waals surface area (Å²) in [5.41, 5.74) is 0. The smallest absolute Gasteiger partial charge is 0.00411 e. The van der Waals surface area contributed by atoms with Crippen molar-refractivity contribution in [1.29, 1.82) is 0 Å². The Morgan fingerprint density at radius 1 is 1.00 bits per heavy atom. The van der Waals surface area contributed by atoms with Gasteiger partial charge in [-0.2, -0.15) is 0 Å². The quantitative estimate of drug-likeness (QED) is 0.758. The number of nitrogens with zero attached hydrogens (tertiary/aromatic N) is 1. The van der Waals surface area contributed by atoms with E-state index in [4.69, 9.17) is 0 Å². The average Bonchev–Trinajstić information content (AvgIpc) is 1.64. The van der Waals surface area contributed by atoms with Crippen molar-refractivity contribution in [2.24, 2.45) is 0 Å². The van der Waals surface area contributed by atoms with Gasteiger partial charge in [0.2, 0.25) is 0 Å². The van der Waals surface area contributed by atoms with Crippen molar-refractivity contribution in [2.45, 2.75) is 46.7 Å². The molecule has 0 aliphatic heterocycles. The fraction of sp³-hybridized carbons (Fsp3) is 1.00. The second-order valence-corrected chi connectivity index (χ2v) is 3.02. The monoisotopic (exact) mass is 268 g/mol. The van der Waals surface area contributed by atoms with Gasteiger partial charge in [0.05, 0.1) is 0 Å². The van der Waals surface area contributed by atoms with Gasteiger partial charge in [-0.05, 0) is 34.2 Å². The molecule has 0 aromatic rings. The third kappa shape index (κ3) is 4.89. The molecule has 59 valence electrons. The van der Waals surface area contributed by atoms with Gasteiger partial charge in [-0.3, -0.25) is 4.90 Å². The molecule has 0 aliphatic rings. The Kier molecular flexibility index (Phi) is 9.39. The zero-order valence-corrected chi connectivity index (χ0v) is 11.5. The molecule has 1 nitrogen and oxygen atoms in total. The molecule has 0 fully saturated rings. The first kappa shape index (κ1) is 13.7. The summed E-state index contributed by atoms with van der Waals surface area (Å²) < 4.78 is 0. The van der Waals surface area contributed by atoms with Gasteiger partial charge in [-0.25, -0.2) is 0 Å². The van der Waals surface area contributed by atoms with Crippen LogP contribution >= 0.6 is 0 Å². The van der Waals surface area contributed by atoms with E-state index < -0.39 is 0 Å². The summed E-state index contributed by atoms with van der Waals surface area (Å²) in [7, 11) is 0. The van der Waals surface area contributed by atoms with Gasteiger partial charge in [0, 0.05) is 47.7 Å². The Hall–Kier alpha value is 1.15. The van der Waals surface area contributed by atoms with Crippen molar-refractivity contribution >= 4 is 0 Å². The molecule has 1 radical (unpaired) electrons. The van der Waals surface area contributed by atoms with Crippen molar-refractivity contribution in [3.63, 3.8) is 0 Å². The Morgan fingerprint density at radius 2 is 1.30 bits per heavy atom. The molecular formula is C8H19LaN. The Bertz CT molecular complexity index is 63.7. The molecule has 0 unspecified atom stereocenters. The molecule has 0 saturated carbocycles. The minimum Gasteiger partial charge on any atom is -0.299 e. The van der Waals surface area contributed by atoms with E-state index in [0.29, 0.717) is 12.1 Å². The van der Waals surface area contributed by atoms with Crippen molar-refractivity contribution in [3.05, 3.63) is 0 Å². The zero-order valence-electron chi connectivity index (χ0n) is 7.89. The van der Waals surface area contributed by atoms with Crippen molar-refractivity contribution in [1.82, 2.24) is 4.90 Å². The first-order chi connectivity index (χ1) is 4.09. The average molecular weight is 268 g/mol. The van der Waals surface area contributed by atoms with Crippen molar-refractivity contribution < 1.29 is 35.6 Å². The molecule has 0 aliphatic carbocycles. The van der Waals surface area contributed by atoms with Crippen LogP contribution in [-0.2, 0) is 0 Å². The Morgan fingerprint density at radius 3 is 1.30 bits per heavy atom. The molecule has 10 heavy (non-hydrogen) atoms. The second kappa shape index (κ2) is 6.84. The maximum atomic E-state index is 2.46. The minimum atomic E-state index is 0. The van der Waals surface area contributed by atoms with E-state index in [1.165, 1.54) is 0 Å². The van der Waals surface area contributed by atoms with Gasteiger partial charge >= 0.3 is 0 Å². The van der Waals surface area contributed by atoms with Gasteiger partial charge in [-0.15, -0.1) is 0 Å². The first-order valence-electron chi connectivity index (χ1n) is 3.85. The summed E-state index contributed by atoms with van der Waals surface area (Å²) in [4.78, 5) is 2.46. The third-order valence-corrected chi connectivity index (χ3v) is 1.69. The van der Waals surface area contributed by atoms with E-state index in [0.717, 1.165) is 6.54 Å². The minimum absolute atomic E-state index is 0. The Balaban J connectivity index is 0. The van der Waals surface area contributed by atoms with Crippen LogP contribution in [0.25, 0.3) is 0 Å². The van der Waals surface area contributed by atoms with Crippen LogP contribution in [0, 0.1) is 35.6 Å². The van der Waals surface area contributed by atoms with E-state index in [-0.39, 0.29) is 35.6 Å². The van der Waals surface area contributed by atoms with Crippen LogP contribution in [-0.4, -0.2) is 23.5 Å². The number of hydrogen-bond acceptors (Lipinski definition) is 1. The molecule has 0 spiro atoms. The molecule has 0 saturated heterocycles. The van der Waals surface area contributed by atoms with Gasteiger partial charge in [0.1, 0.15) is 0 Å². The molecule has 0 aromatic heterocycles. The molecule has 0 aromatic carbocycles. The van der Waals surface area contributed by atoms with Crippen LogP contribution in [0.3, 0.4) is 0 Å². The van der Waals surface area contributed by atoms with Crippen LogP contribution in [0.15, 0.2) is 0 Å². The topological polar surface area (TPSA) is 3.24 Å². The van der Waals surface area contributed by atoms with E-state index in [1.54, 1.807) is 0 Å². The van der Waals surface area contributed by atoms with E-state index in [2.05, 4.69) is 39.5 Å². The number of hydrogen-bond donors (Lipinski definition) is 0. The van der Waals surface area contributed by atoms with Crippen LogP contribution < -0.4 is 0 Å². The summed E-state index contributed by atoms with van der Waals surface area (Å²) in [5, 5.41) is 0. The maximum absolute atomic E-state index is 2.46. The predicted molar refractivity (Wildman–Crippen MR) is 42.7 cm³/mol. The van der Waals surface area contributed by atoms with Crippen LogP contribution in [0.2, 0.25) is 0 Å². The standard InChI is InChI=1S/C8H19N.La/c1-6-9(7(2)3)8(4)5;/h7-8H,6H2,1-5H3;. The normalized spacial score (nSPS) is 10.8. The molecule has 0 bridgehead atoms. The molecule has 0 heterocycles. The largest absolute Gasteiger partial charge is 0.299 e. The predicted octanol–water partition coefficient (Wildman–Crippen LogP) is 2.13. The fourth-order valence-electron chi connectivity index (χ4n) is 1.33. The summed E-state index contributed by atoms with van der Waals surface area (Å²) in [6.07, 6.45) is 0. The molecule has 2 heteroatoms. The number of rotatable bonds is 3. The third-order valence-electron chi connectivity index (χ3n) is 1.69. The van der Waals surface area contributed by atoms with E-state index in [9.17, 15) is 0 Å². The van der Waals surface area contributed by atoms with Crippen molar-refractivity contribution in [2.75, 3.05) is 6.54 Å². The zero-order chi connectivity index (χ0) is 7.44. The molecule has 0 N–H and O–H groups in total. The summed E-state index contributed by atoms with van der Waals surface area (Å²) in [5.74, 6) is 0. The fourth-order valence-corrected chi connectivity index (χ4v) is 1.33. The summed E-state index contributed by atoms with van der Waals surface area (Å²) in [6.45, 7) is 12.3. The Labute approximate surface area is 93.2 Å². The van der Waals surface area contributed by atoms with Gasteiger partial charge in [0.15, 0.2) is 0 Å². The van der Waals surface area contributed by atoms with Gasteiger partial charge in [-0.1, -0.05) is 6.92 Å². The molecule has 0 amide bonds. The van der Waals surface area contributed by atoms with E-state index >= 15 is 0 Å². The van der Waals surface area contributed by atoms with E-state index in [1.807, 2.05) is 0 Å². The second-order valence-electron chi connectivity index (χ2n) is 3.02. The first-order valence-corrected chi connectivity index (χ1v) is 3.85. The summed E-state index contributed by atoms with van der Waals surface area (Å²) >= 11 is 0. The van der Waals surface area contributed by atoms with Crippen LogP contribution in [0.1, 0.15) is 34.6 Å².